The van der Waals surface area contributed by atoms with Crippen LogP contribution < -0.4 is 17.0 Å². The lowest BCUT2D eigenvalue weighted by atomic mass is 9.98. The lowest BCUT2D eigenvalue weighted by Crippen LogP contribution is -2.44. The maximum absolute atomic E-state index is 14.3. The van der Waals surface area contributed by atoms with E-state index in [9.17, 15) is 28.0 Å². The number of fused-ring (bicyclic) bond motifs is 2. The van der Waals surface area contributed by atoms with Crippen LogP contribution in [0.1, 0.15) is 53.4 Å². The fourth-order valence-corrected chi connectivity index (χ4v) is 4.97. The Morgan fingerprint density at radius 1 is 1.19 bits per heavy atom. The van der Waals surface area contributed by atoms with Crippen LogP contribution in [0, 0.1) is 0 Å². The molecule has 4 aromatic rings. The molecule has 5 rings (SSSR count). The summed E-state index contributed by atoms with van der Waals surface area (Å²) in [5.41, 5.74) is -0.471. The standard InChI is InChI=1S/C26H23F2N3O6/c1-4-36-23(33)17-13-30(14-8-10-20-21(12-14)37-25(35)29(20)3)24(34)31(22(17)32)19-11-9-15-16(19)6-5-7-18(15)26(2,27)28/h5-8,10,12-13,19H,4,9,11H2,1-3H3/t19-/m1/s1. The quantitative estimate of drug-likeness (QED) is 0.381. The van der Waals surface area contributed by atoms with Crippen molar-refractivity contribution in [2.24, 2.45) is 7.05 Å². The summed E-state index contributed by atoms with van der Waals surface area (Å²) >= 11 is 0. The minimum Gasteiger partial charge on any atom is -0.462 e. The highest BCUT2D eigenvalue weighted by Gasteiger charge is 2.36. The number of halogens is 2. The minimum atomic E-state index is -3.10. The molecule has 2 heterocycles. The fraction of sp³-hybridized carbons (Fsp3) is 0.308. The molecule has 11 heteroatoms. The Morgan fingerprint density at radius 2 is 1.95 bits per heavy atom. The first-order chi connectivity index (χ1) is 17.5. The van der Waals surface area contributed by atoms with Gasteiger partial charge in [0.1, 0.15) is 5.56 Å². The Labute approximate surface area is 208 Å². The molecule has 0 bridgehead atoms. The molecule has 9 nitrogen and oxygen atoms in total. The number of hydrogen-bond acceptors (Lipinski definition) is 6. The van der Waals surface area contributed by atoms with E-state index < -0.39 is 34.9 Å². The van der Waals surface area contributed by atoms with Crippen molar-refractivity contribution >= 4 is 17.1 Å². The van der Waals surface area contributed by atoms with Crippen molar-refractivity contribution in [1.82, 2.24) is 13.7 Å². The molecule has 0 saturated heterocycles. The number of alkyl halides is 2. The van der Waals surface area contributed by atoms with Gasteiger partial charge in [-0.05, 0) is 43.0 Å². The van der Waals surface area contributed by atoms with E-state index in [2.05, 4.69) is 0 Å². The molecule has 1 atom stereocenters. The molecule has 0 aliphatic heterocycles. The van der Waals surface area contributed by atoms with Gasteiger partial charge in [-0.15, -0.1) is 0 Å². The van der Waals surface area contributed by atoms with Gasteiger partial charge in [-0.25, -0.2) is 23.2 Å². The van der Waals surface area contributed by atoms with Crippen LogP contribution in [0.4, 0.5) is 8.78 Å². The van der Waals surface area contributed by atoms with Gasteiger partial charge < -0.3 is 9.15 Å². The van der Waals surface area contributed by atoms with E-state index in [1.54, 1.807) is 25.1 Å². The number of oxazole rings is 1. The van der Waals surface area contributed by atoms with Gasteiger partial charge in [-0.1, -0.05) is 18.2 Å². The summed E-state index contributed by atoms with van der Waals surface area (Å²) in [6.07, 6.45) is 1.54. The van der Waals surface area contributed by atoms with Gasteiger partial charge in [0, 0.05) is 31.8 Å². The number of rotatable bonds is 5. The second-order valence-electron chi connectivity index (χ2n) is 8.99. The van der Waals surface area contributed by atoms with Gasteiger partial charge in [0.2, 0.25) is 0 Å². The summed E-state index contributed by atoms with van der Waals surface area (Å²) in [7, 11) is 1.53. The first-order valence-corrected chi connectivity index (χ1v) is 11.7. The van der Waals surface area contributed by atoms with E-state index >= 15 is 0 Å². The third kappa shape index (κ3) is 3.90. The molecule has 1 aliphatic rings. The third-order valence-electron chi connectivity index (χ3n) is 6.69. The Kier molecular flexibility index (Phi) is 5.73. The summed E-state index contributed by atoms with van der Waals surface area (Å²) in [4.78, 5) is 51.8. The van der Waals surface area contributed by atoms with Gasteiger partial charge in [0.15, 0.2) is 5.58 Å². The van der Waals surface area contributed by atoms with Crippen molar-refractivity contribution in [2.75, 3.05) is 6.61 Å². The normalized spacial score (nSPS) is 15.2. The highest BCUT2D eigenvalue weighted by molar-refractivity contribution is 5.88. The zero-order valence-electron chi connectivity index (χ0n) is 20.3. The second-order valence-corrected chi connectivity index (χ2v) is 8.99. The highest BCUT2D eigenvalue weighted by atomic mass is 19.3. The summed E-state index contributed by atoms with van der Waals surface area (Å²) < 4.78 is 42.1. The summed E-state index contributed by atoms with van der Waals surface area (Å²) in [6.45, 7) is 2.38. The Bertz CT molecular complexity index is 1740. The molecule has 0 amide bonds. The number of esters is 1. The average molecular weight is 511 g/mol. The van der Waals surface area contributed by atoms with Crippen LogP contribution in [0.25, 0.3) is 16.8 Å². The van der Waals surface area contributed by atoms with E-state index in [0.29, 0.717) is 16.6 Å². The lowest BCUT2D eigenvalue weighted by Gasteiger charge is -2.19. The SMILES string of the molecule is CCOC(=O)c1cn(-c2ccc3c(c2)oc(=O)n3C)c(=O)n([C@@H]2CCc3c2cccc3C(C)(F)F)c1=O. The largest absolute Gasteiger partial charge is 0.462 e. The molecule has 1 aliphatic carbocycles. The first-order valence-electron chi connectivity index (χ1n) is 11.7. The van der Waals surface area contributed by atoms with Gasteiger partial charge >= 0.3 is 17.4 Å². The van der Waals surface area contributed by atoms with E-state index in [4.69, 9.17) is 9.15 Å². The van der Waals surface area contributed by atoms with Gasteiger partial charge in [-0.2, -0.15) is 0 Å². The topological polar surface area (TPSA) is 105 Å². The summed E-state index contributed by atoms with van der Waals surface area (Å²) in [5, 5.41) is 0. The number of benzene rings is 2. The molecule has 192 valence electrons. The van der Waals surface area contributed by atoms with Crippen LogP contribution in [-0.2, 0) is 24.1 Å². The molecule has 0 spiro atoms. The number of nitrogens with zero attached hydrogens (tertiary/aromatic N) is 3. The molecule has 0 radical (unpaired) electrons. The molecular weight excluding hydrogens is 488 g/mol. The molecular formula is C26H23F2N3O6. The zero-order valence-corrected chi connectivity index (χ0v) is 20.3. The molecule has 0 saturated carbocycles. The van der Waals surface area contributed by atoms with Crippen molar-refractivity contribution in [3.05, 3.63) is 96.2 Å². The number of aromatic nitrogens is 3. The Balaban J connectivity index is 1.76. The second kappa shape index (κ2) is 8.68. The maximum Gasteiger partial charge on any atom is 0.419 e. The Hall–Kier alpha value is -4.28. The van der Waals surface area contributed by atoms with Crippen molar-refractivity contribution < 1.29 is 22.7 Å². The number of carbonyl (C=O) groups excluding carboxylic acids is 1. The molecule has 0 unspecified atom stereocenters. The molecule has 0 N–H and O–H groups in total. The van der Waals surface area contributed by atoms with Gasteiger partial charge in [-0.3, -0.25) is 18.5 Å². The zero-order chi connectivity index (χ0) is 26.6. The number of carbonyl (C=O) groups is 1. The van der Waals surface area contributed by atoms with Crippen LogP contribution >= 0.6 is 0 Å². The number of hydrogen-bond donors (Lipinski definition) is 0. The Morgan fingerprint density at radius 3 is 2.65 bits per heavy atom. The lowest BCUT2D eigenvalue weighted by molar-refractivity contribution is 0.0166. The van der Waals surface area contributed by atoms with Crippen LogP contribution in [0.15, 0.2) is 61.4 Å². The highest BCUT2D eigenvalue weighted by Crippen LogP contribution is 2.40. The molecule has 2 aromatic carbocycles. The van der Waals surface area contributed by atoms with E-state index in [1.165, 1.54) is 29.8 Å². The fourth-order valence-electron chi connectivity index (χ4n) is 4.97. The van der Waals surface area contributed by atoms with E-state index in [1.807, 2.05) is 0 Å². The minimum absolute atomic E-state index is 0.000262. The van der Waals surface area contributed by atoms with Crippen molar-refractivity contribution in [2.45, 2.75) is 38.7 Å². The van der Waals surface area contributed by atoms with Gasteiger partial charge in [0.25, 0.3) is 11.5 Å². The van der Waals surface area contributed by atoms with E-state index in [0.717, 1.165) is 22.3 Å². The predicted molar refractivity (Wildman–Crippen MR) is 130 cm³/mol. The predicted octanol–water partition coefficient (Wildman–Crippen LogP) is 3.27. The first kappa shape index (κ1) is 24.4. The third-order valence-corrected chi connectivity index (χ3v) is 6.69. The monoisotopic (exact) mass is 511 g/mol. The van der Waals surface area contributed by atoms with Crippen molar-refractivity contribution in [3.8, 4) is 5.69 Å². The maximum atomic E-state index is 14.3. The number of aryl methyl sites for hydroxylation is 1. The van der Waals surface area contributed by atoms with Crippen LogP contribution in [0.2, 0.25) is 0 Å². The van der Waals surface area contributed by atoms with Crippen LogP contribution in [-0.4, -0.2) is 26.3 Å². The molecule has 2 aromatic heterocycles. The molecule has 37 heavy (non-hydrogen) atoms. The van der Waals surface area contributed by atoms with Crippen molar-refractivity contribution in [1.29, 1.82) is 0 Å². The van der Waals surface area contributed by atoms with Crippen molar-refractivity contribution in [3.63, 3.8) is 0 Å². The smallest absolute Gasteiger partial charge is 0.419 e. The van der Waals surface area contributed by atoms with Gasteiger partial charge in [0.05, 0.1) is 23.9 Å². The summed E-state index contributed by atoms with van der Waals surface area (Å²) in [6, 6.07) is 8.11. The van der Waals surface area contributed by atoms with Crippen LogP contribution in [0.5, 0.6) is 0 Å². The molecule has 0 fully saturated rings. The number of ether oxygens (including phenoxy) is 1. The van der Waals surface area contributed by atoms with E-state index in [-0.39, 0.29) is 41.8 Å². The van der Waals surface area contributed by atoms with Crippen LogP contribution in [0.3, 0.4) is 0 Å². The average Bonchev–Trinajstić information content (AvgIpc) is 3.39. The summed E-state index contributed by atoms with van der Waals surface area (Å²) in [5.74, 6) is -4.62.